The Balaban J connectivity index is 1.50. The fourth-order valence-corrected chi connectivity index (χ4v) is 6.35. The fraction of sp³-hybridized carbons (Fsp3) is 0.346. The van der Waals surface area contributed by atoms with E-state index in [1.165, 1.54) is 11.8 Å². The Morgan fingerprint density at radius 2 is 2.11 bits per heavy atom. The maximum absolute atomic E-state index is 15.2. The van der Waals surface area contributed by atoms with Gasteiger partial charge in [-0.05, 0) is 38.5 Å². The van der Waals surface area contributed by atoms with Gasteiger partial charge in [-0.15, -0.1) is 5.92 Å². The van der Waals surface area contributed by atoms with Gasteiger partial charge in [0.05, 0.1) is 23.1 Å². The Hall–Kier alpha value is -3.42. The highest BCUT2D eigenvalue weighted by Gasteiger charge is 2.66. The number of nitrogens with one attached hydrogen (secondary N) is 1. The van der Waals surface area contributed by atoms with Crippen LogP contribution in [0.3, 0.4) is 0 Å². The van der Waals surface area contributed by atoms with E-state index in [2.05, 4.69) is 32.1 Å². The van der Waals surface area contributed by atoms with Crippen LogP contribution in [0.15, 0.2) is 41.7 Å². The highest BCUT2D eigenvalue weighted by Crippen LogP contribution is 2.66. The van der Waals surface area contributed by atoms with Gasteiger partial charge in [0.2, 0.25) is 0 Å². The summed E-state index contributed by atoms with van der Waals surface area (Å²) in [5, 5.41) is 4.21. The molecule has 0 amide bonds. The van der Waals surface area contributed by atoms with Gasteiger partial charge in [-0.2, -0.15) is 0 Å². The highest BCUT2D eigenvalue weighted by atomic mass is 32.2. The van der Waals surface area contributed by atoms with Crippen molar-refractivity contribution in [3.8, 4) is 17.6 Å². The molecule has 1 aliphatic heterocycles. The van der Waals surface area contributed by atoms with E-state index < -0.39 is 17.2 Å². The van der Waals surface area contributed by atoms with E-state index in [0.717, 1.165) is 17.9 Å². The van der Waals surface area contributed by atoms with E-state index in [9.17, 15) is 4.39 Å². The van der Waals surface area contributed by atoms with Crippen LogP contribution in [0.25, 0.3) is 10.9 Å². The Morgan fingerprint density at radius 3 is 2.89 bits per heavy atom. The molecule has 2 aromatic heterocycles. The molecule has 3 aromatic rings. The zero-order valence-corrected chi connectivity index (χ0v) is 20.9. The minimum atomic E-state index is -1.03. The number of aliphatic imine (C=N–C) groups is 1. The van der Waals surface area contributed by atoms with Gasteiger partial charge in [0.1, 0.15) is 17.9 Å². The summed E-state index contributed by atoms with van der Waals surface area (Å²) in [6.07, 6.45) is 3.93. The number of nitrogens with zero attached hydrogens (tertiary/aromatic N) is 3. The molecular formula is C26H25F2N5O2S. The van der Waals surface area contributed by atoms with E-state index in [-0.39, 0.29) is 22.8 Å². The lowest BCUT2D eigenvalue weighted by atomic mass is 9.85. The van der Waals surface area contributed by atoms with Crippen LogP contribution in [0.4, 0.5) is 20.3 Å². The topological polar surface area (TPSA) is 94.7 Å². The van der Waals surface area contributed by atoms with Crippen LogP contribution >= 0.6 is 11.8 Å². The number of anilines is 2. The molecule has 5 rings (SSSR count). The quantitative estimate of drug-likeness (QED) is 0.445. The number of methoxy groups -OCH3 is 1. The number of thioether (sulfide) groups is 1. The molecule has 0 radical (unpaired) electrons. The predicted octanol–water partition coefficient (Wildman–Crippen LogP) is 4.74. The monoisotopic (exact) mass is 509 g/mol. The number of amidine groups is 1. The van der Waals surface area contributed by atoms with Gasteiger partial charge in [-0.1, -0.05) is 17.7 Å². The van der Waals surface area contributed by atoms with Crippen molar-refractivity contribution in [3.63, 3.8) is 0 Å². The van der Waals surface area contributed by atoms with Gasteiger partial charge in [-0.3, -0.25) is 4.99 Å². The van der Waals surface area contributed by atoms with Crippen molar-refractivity contribution in [2.45, 2.75) is 30.6 Å². The number of rotatable bonds is 7. The molecule has 3 heterocycles. The maximum Gasteiger partial charge on any atom is 0.164 e. The molecule has 0 bridgehead atoms. The van der Waals surface area contributed by atoms with Crippen LogP contribution < -0.4 is 15.8 Å². The molecule has 0 spiro atoms. The Kier molecular flexibility index (Phi) is 6.22. The molecule has 1 saturated carbocycles. The fourth-order valence-electron chi connectivity index (χ4n) is 4.90. The second-order valence-electron chi connectivity index (χ2n) is 9.02. The first-order chi connectivity index (χ1) is 17.3. The predicted molar refractivity (Wildman–Crippen MR) is 137 cm³/mol. The van der Waals surface area contributed by atoms with E-state index in [4.69, 9.17) is 15.2 Å². The van der Waals surface area contributed by atoms with E-state index >= 15 is 4.39 Å². The zero-order chi connectivity index (χ0) is 25.5. The van der Waals surface area contributed by atoms with Crippen LogP contribution in [-0.2, 0) is 10.3 Å². The lowest BCUT2D eigenvalue weighted by Gasteiger charge is -2.34. The highest BCUT2D eigenvalue weighted by molar-refractivity contribution is 8.15. The normalized spacial score (nSPS) is 24.4. The summed E-state index contributed by atoms with van der Waals surface area (Å²) in [7, 11) is 1.62. The van der Waals surface area contributed by atoms with Crippen molar-refractivity contribution in [1.29, 1.82) is 0 Å². The third kappa shape index (κ3) is 4.22. The van der Waals surface area contributed by atoms with Crippen molar-refractivity contribution < 1.29 is 18.3 Å². The molecule has 3 N–H and O–H groups in total. The minimum absolute atomic E-state index is 0.0421. The number of pyridine rings is 2. The van der Waals surface area contributed by atoms with Crippen molar-refractivity contribution in [2.75, 3.05) is 25.6 Å². The van der Waals surface area contributed by atoms with Gasteiger partial charge in [0, 0.05) is 41.9 Å². The Morgan fingerprint density at radius 1 is 1.28 bits per heavy atom. The number of halogens is 2. The first-order valence-electron chi connectivity index (χ1n) is 11.4. The summed E-state index contributed by atoms with van der Waals surface area (Å²) in [6.45, 7) is 4.25. The number of nitrogens with two attached hydrogens (primary N) is 1. The molecule has 2 aliphatic rings. The molecule has 10 heteroatoms. The molecule has 36 heavy (non-hydrogen) atoms. The number of fused-ring (bicyclic) bond motifs is 2. The average Bonchev–Trinajstić information content (AvgIpc) is 3.56. The van der Waals surface area contributed by atoms with Crippen molar-refractivity contribution in [1.82, 2.24) is 9.97 Å². The van der Waals surface area contributed by atoms with Crippen LogP contribution in [0.5, 0.6) is 5.75 Å². The Bertz CT molecular complexity index is 1440. The third-order valence-corrected chi connectivity index (χ3v) is 7.92. The van der Waals surface area contributed by atoms with E-state index in [1.54, 1.807) is 45.5 Å². The van der Waals surface area contributed by atoms with Crippen LogP contribution in [0.2, 0.25) is 0 Å². The summed E-state index contributed by atoms with van der Waals surface area (Å²) in [5.41, 5.74) is 6.12. The Labute approximate surface area is 211 Å². The summed E-state index contributed by atoms with van der Waals surface area (Å²) in [5.74, 6) is 4.61. The molecule has 1 aliphatic carbocycles. The molecule has 1 aromatic carbocycles. The maximum atomic E-state index is 15.2. The SMILES string of the molecule is CC#CCOc1cnc2c(Nc3cc(F)c(F)c([C@]4(C)N=C(N)S[C@@]5(COC)C[C@H]54)c3)nccc2c1. The molecule has 3 atom stereocenters. The summed E-state index contributed by atoms with van der Waals surface area (Å²) in [4.78, 5) is 13.4. The second kappa shape index (κ2) is 9.22. The van der Waals surface area contributed by atoms with Crippen LogP contribution in [-0.4, -0.2) is 40.2 Å². The standard InChI is InChI=1S/C26H25F2N5O2S/c1-4-5-8-35-17-9-15-6-7-30-23(22(15)31-13-17)32-16-10-18(21(28)19(27)11-16)25(2)20-12-26(20,14-34-3)36-24(29)33-25/h6-7,9-11,13,20H,8,12,14H2,1-3H3,(H2,29,33)(H,30,32)/t20-,25-,26+/m0/s1. The smallest absolute Gasteiger partial charge is 0.164 e. The average molecular weight is 510 g/mol. The number of aromatic nitrogens is 2. The third-order valence-electron chi connectivity index (χ3n) is 6.64. The van der Waals surface area contributed by atoms with E-state index in [0.29, 0.717) is 34.5 Å². The van der Waals surface area contributed by atoms with Crippen LogP contribution in [0, 0.1) is 29.4 Å². The van der Waals surface area contributed by atoms with Gasteiger partial charge in [-0.25, -0.2) is 18.7 Å². The van der Waals surface area contributed by atoms with Crippen LogP contribution in [0.1, 0.15) is 25.8 Å². The van der Waals surface area contributed by atoms with Gasteiger partial charge < -0.3 is 20.5 Å². The number of hydrogen-bond acceptors (Lipinski definition) is 8. The number of benzene rings is 1. The lowest BCUT2D eigenvalue weighted by molar-refractivity contribution is 0.184. The lowest BCUT2D eigenvalue weighted by Crippen LogP contribution is -2.37. The second-order valence-corrected chi connectivity index (χ2v) is 10.5. The number of hydrogen-bond donors (Lipinski definition) is 2. The molecule has 0 unspecified atom stereocenters. The summed E-state index contributed by atoms with van der Waals surface area (Å²) >= 11 is 1.44. The molecule has 1 fully saturated rings. The van der Waals surface area contributed by atoms with Gasteiger partial charge in [0.15, 0.2) is 22.6 Å². The minimum Gasteiger partial charge on any atom is -0.479 e. The molecular weight excluding hydrogens is 484 g/mol. The van der Waals surface area contributed by atoms with Gasteiger partial charge >= 0.3 is 0 Å². The number of ether oxygens (including phenoxy) is 2. The van der Waals surface area contributed by atoms with Crippen molar-refractivity contribution in [3.05, 3.63) is 53.9 Å². The van der Waals surface area contributed by atoms with Crippen molar-refractivity contribution in [2.24, 2.45) is 16.6 Å². The molecule has 7 nitrogen and oxygen atoms in total. The summed E-state index contributed by atoms with van der Waals surface area (Å²) < 4.78 is 40.8. The first-order valence-corrected chi connectivity index (χ1v) is 12.2. The van der Waals surface area contributed by atoms with Gasteiger partial charge in [0.25, 0.3) is 0 Å². The summed E-state index contributed by atoms with van der Waals surface area (Å²) in [6, 6.07) is 6.29. The first kappa shape index (κ1) is 24.3. The molecule has 0 saturated heterocycles. The van der Waals surface area contributed by atoms with E-state index in [1.807, 2.05) is 6.07 Å². The zero-order valence-electron chi connectivity index (χ0n) is 20.1. The van der Waals surface area contributed by atoms with Crippen molar-refractivity contribution >= 4 is 39.3 Å². The largest absolute Gasteiger partial charge is 0.479 e. The molecule has 186 valence electrons.